The molecule has 1 aliphatic rings. The lowest BCUT2D eigenvalue weighted by Crippen LogP contribution is -2.42. The van der Waals surface area contributed by atoms with Crippen LogP contribution >= 0.6 is 23.2 Å². The number of rotatable bonds is 6. The quantitative estimate of drug-likeness (QED) is 0.543. The first kappa shape index (κ1) is 20.2. The van der Waals surface area contributed by atoms with Crippen molar-refractivity contribution in [1.82, 2.24) is 14.7 Å². The van der Waals surface area contributed by atoms with E-state index in [-0.39, 0.29) is 19.0 Å². The summed E-state index contributed by atoms with van der Waals surface area (Å²) in [5, 5.41) is 0.770. The lowest BCUT2D eigenvalue weighted by Gasteiger charge is -2.21. The van der Waals surface area contributed by atoms with E-state index in [0.717, 1.165) is 10.5 Å². The van der Waals surface area contributed by atoms with E-state index in [2.05, 4.69) is 0 Å². The Hall–Kier alpha value is -2.12. The lowest BCUT2D eigenvalue weighted by atomic mass is 10.2. The molecule has 1 heterocycles. The van der Waals surface area contributed by atoms with Crippen molar-refractivity contribution in [3.05, 3.63) is 33.8 Å². The molecule has 0 saturated carbocycles. The van der Waals surface area contributed by atoms with Crippen LogP contribution < -0.4 is 0 Å². The summed E-state index contributed by atoms with van der Waals surface area (Å²) in [6.07, 6.45) is 0. The highest BCUT2D eigenvalue weighted by molar-refractivity contribution is 6.45. The minimum atomic E-state index is -0.980. The zero-order chi connectivity index (χ0) is 19.6. The van der Waals surface area contributed by atoms with Gasteiger partial charge in [-0.3, -0.25) is 19.3 Å². The largest absolute Gasteiger partial charge is 0.340 e. The number of hydrogen-bond donors (Lipinski definition) is 0. The summed E-state index contributed by atoms with van der Waals surface area (Å²) in [7, 11) is 1.53. The van der Waals surface area contributed by atoms with Gasteiger partial charge in [-0.15, -0.1) is 0 Å². The number of halogens is 2. The molecule has 9 heteroatoms. The normalized spacial score (nSPS) is 14.6. The van der Waals surface area contributed by atoms with Crippen LogP contribution in [0.4, 0.5) is 4.79 Å². The van der Waals surface area contributed by atoms with Crippen molar-refractivity contribution in [2.24, 2.45) is 5.92 Å². The standard InChI is InChI=1S/C17H19Cl2N3O4/c1-10(2)7-21-15(24)16(25)22(17(21)26)9-14(23)20(3)8-11-4-5-12(18)13(19)6-11/h4-6,10H,7-9H2,1-3H3. The molecule has 140 valence electrons. The number of carbonyl (C=O) groups excluding carboxylic acids is 4. The Bertz CT molecular complexity index is 766. The van der Waals surface area contributed by atoms with E-state index < -0.39 is 30.3 Å². The second-order valence-corrected chi connectivity index (χ2v) is 7.30. The van der Waals surface area contributed by atoms with Gasteiger partial charge in [0, 0.05) is 20.1 Å². The summed E-state index contributed by atoms with van der Waals surface area (Å²) in [5.74, 6) is -2.34. The highest BCUT2D eigenvalue weighted by Crippen LogP contribution is 2.23. The second-order valence-electron chi connectivity index (χ2n) is 6.48. The number of carbonyl (C=O) groups is 4. The van der Waals surface area contributed by atoms with Crippen molar-refractivity contribution in [2.45, 2.75) is 20.4 Å². The van der Waals surface area contributed by atoms with E-state index in [9.17, 15) is 19.2 Å². The number of benzene rings is 1. The fourth-order valence-electron chi connectivity index (χ4n) is 2.47. The zero-order valence-electron chi connectivity index (χ0n) is 14.7. The van der Waals surface area contributed by atoms with Crippen LogP contribution in [0.15, 0.2) is 18.2 Å². The van der Waals surface area contributed by atoms with E-state index in [4.69, 9.17) is 23.2 Å². The smallest absolute Gasteiger partial charge is 0.334 e. The van der Waals surface area contributed by atoms with Crippen molar-refractivity contribution in [2.75, 3.05) is 20.1 Å². The fraction of sp³-hybridized carbons (Fsp3) is 0.412. The number of amides is 5. The molecule has 5 amide bonds. The number of nitrogens with zero attached hydrogens (tertiary/aromatic N) is 3. The van der Waals surface area contributed by atoms with Crippen molar-refractivity contribution in [3.63, 3.8) is 0 Å². The van der Waals surface area contributed by atoms with E-state index in [1.807, 2.05) is 13.8 Å². The van der Waals surface area contributed by atoms with Crippen LogP contribution in [0.2, 0.25) is 10.0 Å². The summed E-state index contributed by atoms with van der Waals surface area (Å²) in [4.78, 5) is 51.5. The van der Waals surface area contributed by atoms with Crippen LogP contribution in [0.1, 0.15) is 19.4 Å². The molecule has 0 radical (unpaired) electrons. The Morgan fingerprint density at radius 2 is 1.69 bits per heavy atom. The van der Waals surface area contributed by atoms with Gasteiger partial charge in [0.05, 0.1) is 10.0 Å². The molecule has 1 saturated heterocycles. The number of urea groups is 1. The van der Waals surface area contributed by atoms with Gasteiger partial charge < -0.3 is 4.90 Å². The van der Waals surface area contributed by atoms with Crippen LogP contribution in [0.3, 0.4) is 0 Å². The molecule has 26 heavy (non-hydrogen) atoms. The van der Waals surface area contributed by atoms with Gasteiger partial charge in [0.1, 0.15) is 6.54 Å². The van der Waals surface area contributed by atoms with Crippen LogP contribution in [0, 0.1) is 5.92 Å². The summed E-state index contributed by atoms with van der Waals surface area (Å²) in [5.41, 5.74) is 0.742. The average Bonchev–Trinajstić information content (AvgIpc) is 2.75. The molecule has 0 atom stereocenters. The number of likely N-dealkylation sites (N-methyl/N-ethyl adjacent to an activating group) is 1. The van der Waals surface area contributed by atoms with Gasteiger partial charge in [0.25, 0.3) is 0 Å². The van der Waals surface area contributed by atoms with E-state index in [1.165, 1.54) is 11.9 Å². The fourth-order valence-corrected chi connectivity index (χ4v) is 2.79. The third-order valence-corrected chi connectivity index (χ3v) is 4.54. The molecule has 0 aliphatic carbocycles. The van der Waals surface area contributed by atoms with E-state index >= 15 is 0 Å². The number of imide groups is 2. The average molecular weight is 400 g/mol. The number of hydrogen-bond acceptors (Lipinski definition) is 4. The van der Waals surface area contributed by atoms with Gasteiger partial charge in [-0.1, -0.05) is 43.1 Å². The van der Waals surface area contributed by atoms with Gasteiger partial charge >= 0.3 is 17.8 Å². The maximum Gasteiger partial charge on any atom is 0.334 e. The molecule has 1 aliphatic heterocycles. The van der Waals surface area contributed by atoms with Crippen molar-refractivity contribution in [3.8, 4) is 0 Å². The Morgan fingerprint density at radius 3 is 2.27 bits per heavy atom. The van der Waals surface area contributed by atoms with Crippen molar-refractivity contribution >= 4 is 47.0 Å². The third-order valence-electron chi connectivity index (χ3n) is 3.81. The third kappa shape index (κ3) is 4.34. The van der Waals surface area contributed by atoms with Crippen LogP contribution in [0.25, 0.3) is 0 Å². The topological polar surface area (TPSA) is 78.0 Å². The summed E-state index contributed by atoms with van der Waals surface area (Å²) in [6.45, 7) is 3.51. The minimum Gasteiger partial charge on any atom is -0.340 e. The molecule has 0 aromatic heterocycles. The molecule has 0 bridgehead atoms. The zero-order valence-corrected chi connectivity index (χ0v) is 16.2. The SMILES string of the molecule is CC(C)CN1C(=O)C(=O)N(CC(=O)N(C)Cc2ccc(Cl)c(Cl)c2)C1=O. The maximum atomic E-state index is 12.4. The molecule has 7 nitrogen and oxygen atoms in total. The molecule has 0 N–H and O–H groups in total. The first-order valence-corrected chi connectivity index (χ1v) is 8.72. The Kier molecular flexibility index (Phi) is 6.26. The minimum absolute atomic E-state index is 0.0173. The van der Waals surface area contributed by atoms with Crippen LogP contribution in [0.5, 0.6) is 0 Å². The van der Waals surface area contributed by atoms with Gasteiger partial charge in [-0.05, 0) is 23.6 Å². The molecular formula is C17H19Cl2N3O4. The molecule has 0 spiro atoms. The molecular weight excluding hydrogens is 381 g/mol. The molecule has 1 aromatic carbocycles. The molecule has 0 unspecified atom stereocenters. The van der Waals surface area contributed by atoms with Crippen molar-refractivity contribution in [1.29, 1.82) is 0 Å². The van der Waals surface area contributed by atoms with Crippen molar-refractivity contribution < 1.29 is 19.2 Å². The summed E-state index contributed by atoms with van der Waals surface area (Å²) in [6, 6.07) is 4.21. The summed E-state index contributed by atoms with van der Waals surface area (Å²) >= 11 is 11.8. The highest BCUT2D eigenvalue weighted by Gasteiger charge is 2.45. The first-order valence-electron chi connectivity index (χ1n) is 7.97. The monoisotopic (exact) mass is 399 g/mol. The molecule has 1 fully saturated rings. The highest BCUT2D eigenvalue weighted by atomic mass is 35.5. The Morgan fingerprint density at radius 1 is 1.08 bits per heavy atom. The van der Waals surface area contributed by atoms with Gasteiger partial charge in [0.15, 0.2) is 0 Å². The lowest BCUT2D eigenvalue weighted by molar-refractivity contribution is -0.144. The molecule has 2 rings (SSSR count). The van der Waals surface area contributed by atoms with Gasteiger partial charge in [-0.2, -0.15) is 0 Å². The predicted octanol–water partition coefficient (Wildman–Crippen LogP) is 2.40. The van der Waals surface area contributed by atoms with Crippen LogP contribution in [-0.2, 0) is 20.9 Å². The van der Waals surface area contributed by atoms with E-state index in [1.54, 1.807) is 18.2 Å². The first-order chi connectivity index (χ1) is 12.1. The van der Waals surface area contributed by atoms with Gasteiger partial charge in [0.2, 0.25) is 5.91 Å². The Balaban J connectivity index is 2.03. The van der Waals surface area contributed by atoms with Gasteiger partial charge in [-0.25, -0.2) is 9.69 Å². The predicted molar refractivity (Wildman–Crippen MR) is 96.6 cm³/mol. The van der Waals surface area contributed by atoms with Crippen LogP contribution in [-0.4, -0.2) is 58.6 Å². The maximum absolute atomic E-state index is 12.4. The second kappa shape index (κ2) is 8.05. The summed E-state index contributed by atoms with van der Waals surface area (Å²) < 4.78 is 0. The van der Waals surface area contributed by atoms with E-state index in [0.29, 0.717) is 14.9 Å². The Labute approximate surface area is 161 Å². The molecule has 1 aromatic rings.